The van der Waals surface area contributed by atoms with Crippen LogP contribution in [0.15, 0.2) is 29.3 Å². The molecule has 0 unspecified atom stereocenters. The molecule has 26 heavy (non-hydrogen) atoms. The highest BCUT2D eigenvalue weighted by molar-refractivity contribution is 5.78. The first-order valence-electron chi connectivity index (χ1n) is 8.79. The van der Waals surface area contributed by atoms with Gasteiger partial charge in [0.1, 0.15) is 0 Å². The largest absolute Gasteiger partial charge is 0.416 e. The molecular weight excluding hydrogens is 347 g/mol. The van der Waals surface area contributed by atoms with Crippen molar-refractivity contribution in [3.63, 3.8) is 0 Å². The molecule has 2 heterocycles. The van der Waals surface area contributed by atoms with Crippen molar-refractivity contribution in [2.75, 3.05) is 46.1 Å². The van der Waals surface area contributed by atoms with Crippen LogP contribution in [0.1, 0.15) is 24.0 Å². The fourth-order valence-electron chi connectivity index (χ4n) is 3.45. The van der Waals surface area contributed by atoms with Crippen LogP contribution in [-0.4, -0.2) is 56.9 Å². The smallest absolute Gasteiger partial charge is 0.381 e. The monoisotopic (exact) mass is 371 g/mol. The number of nitrogens with zero attached hydrogens (tertiary/aromatic N) is 2. The van der Waals surface area contributed by atoms with Gasteiger partial charge in [-0.25, -0.2) is 0 Å². The molecule has 0 radical (unpaired) electrons. The SMILES string of the molecule is NC(=NCC1(c2cccc(C(F)(F)F)c2)CCOCC1)N1CCOCC1. The molecular formula is C18H24F3N3O2. The minimum atomic E-state index is -4.36. The summed E-state index contributed by atoms with van der Waals surface area (Å²) in [5.74, 6) is 0.422. The summed E-state index contributed by atoms with van der Waals surface area (Å²) in [5.41, 5.74) is 5.64. The van der Waals surface area contributed by atoms with E-state index < -0.39 is 17.2 Å². The summed E-state index contributed by atoms with van der Waals surface area (Å²) >= 11 is 0. The molecule has 2 fully saturated rings. The molecule has 144 valence electrons. The number of nitrogens with two attached hydrogens (primary N) is 1. The number of benzene rings is 1. The van der Waals surface area contributed by atoms with Gasteiger partial charge in [-0.1, -0.05) is 18.2 Å². The van der Waals surface area contributed by atoms with Gasteiger partial charge in [0.2, 0.25) is 0 Å². The van der Waals surface area contributed by atoms with Crippen molar-refractivity contribution in [3.8, 4) is 0 Å². The Morgan fingerprint density at radius 3 is 2.42 bits per heavy atom. The Hall–Kier alpha value is -1.80. The van der Waals surface area contributed by atoms with Gasteiger partial charge in [0, 0.05) is 31.7 Å². The predicted octanol–water partition coefficient (Wildman–Crippen LogP) is 2.40. The summed E-state index contributed by atoms with van der Waals surface area (Å²) in [6.45, 7) is 3.91. The fraction of sp³-hybridized carbons (Fsp3) is 0.611. The normalized spacial score (nSPS) is 21.7. The molecule has 1 aromatic rings. The van der Waals surface area contributed by atoms with Crippen LogP contribution < -0.4 is 5.73 Å². The molecule has 0 bridgehead atoms. The molecule has 2 aliphatic heterocycles. The number of hydrogen-bond acceptors (Lipinski definition) is 3. The molecule has 2 aliphatic rings. The zero-order chi connectivity index (χ0) is 18.6. The van der Waals surface area contributed by atoms with Crippen molar-refractivity contribution in [2.24, 2.45) is 10.7 Å². The topological polar surface area (TPSA) is 60.1 Å². The Bertz CT molecular complexity index is 637. The van der Waals surface area contributed by atoms with Crippen LogP contribution in [0.3, 0.4) is 0 Å². The second-order valence-corrected chi connectivity index (χ2v) is 6.75. The highest BCUT2D eigenvalue weighted by atomic mass is 19.4. The number of rotatable bonds is 3. The lowest BCUT2D eigenvalue weighted by Crippen LogP contribution is -2.46. The molecule has 2 saturated heterocycles. The van der Waals surface area contributed by atoms with E-state index in [2.05, 4.69) is 4.99 Å². The first-order valence-corrected chi connectivity index (χ1v) is 8.79. The lowest BCUT2D eigenvalue weighted by Gasteiger charge is -2.37. The van der Waals surface area contributed by atoms with Gasteiger partial charge in [0.05, 0.1) is 25.3 Å². The standard InChI is InChI=1S/C18H24F3N3O2/c19-18(20,21)15-3-1-2-14(12-15)17(4-8-25-9-5-17)13-23-16(22)24-6-10-26-11-7-24/h1-3,12H,4-11,13H2,(H2,22,23). The van der Waals surface area contributed by atoms with Crippen molar-refractivity contribution in [2.45, 2.75) is 24.4 Å². The van der Waals surface area contributed by atoms with Crippen LogP contribution in [0.5, 0.6) is 0 Å². The van der Waals surface area contributed by atoms with Gasteiger partial charge in [-0.05, 0) is 24.5 Å². The van der Waals surface area contributed by atoms with Crippen LogP contribution in [0, 0.1) is 0 Å². The zero-order valence-electron chi connectivity index (χ0n) is 14.6. The Balaban J connectivity index is 1.85. The second kappa shape index (κ2) is 7.84. The van der Waals surface area contributed by atoms with E-state index in [0.717, 1.165) is 6.07 Å². The highest BCUT2D eigenvalue weighted by Gasteiger charge is 2.37. The van der Waals surface area contributed by atoms with Crippen LogP contribution >= 0.6 is 0 Å². The third-order valence-electron chi connectivity index (χ3n) is 5.13. The number of halogens is 3. The maximum Gasteiger partial charge on any atom is 0.416 e. The minimum absolute atomic E-state index is 0.348. The van der Waals surface area contributed by atoms with E-state index >= 15 is 0 Å². The third-order valence-corrected chi connectivity index (χ3v) is 5.13. The van der Waals surface area contributed by atoms with Gasteiger partial charge >= 0.3 is 6.18 Å². The van der Waals surface area contributed by atoms with E-state index in [0.29, 0.717) is 70.4 Å². The molecule has 0 amide bonds. The lowest BCUT2D eigenvalue weighted by atomic mass is 9.74. The average Bonchev–Trinajstić information content (AvgIpc) is 2.67. The molecule has 2 N–H and O–H groups in total. The molecule has 3 rings (SSSR count). The Morgan fingerprint density at radius 2 is 1.77 bits per heavy atom. The third kappa shape index (κ3) is 4.29. The van der Waals surface area contributed by atoms with Gasteiger partial charge in [0.15, 0.2) is 5.96 Å². The number of guanidine groups is 1. The maximum absolute atomic E-state index is 13.1. The van der Waals surface area contributed by atoms with Crippen molar-refractivity contribution in [1.29, 1.82) is 0 Å². The highest BCUT2D eigenvalue weighted by Crippen LogP contribution is 2.38. The van der Waals surface area contributed by atoms with E-state index in [1.54, 1.807) is 6.07 Å². The molecule has 0 aliphatic carbocycles. The van der Waals surface area contributed by atoms with E-state index in [9.17, 15) is 13.2 Å². The first kappa shape index (κ1) is 19.0. The van der Waals surface area contributed by atoms with Crippen LogP contribution in [0.25, 0.3) is 0 Å². The maximum atomic E-state index is 13.1. The average molecular weight is 371 g/mol. The lowest BCUT2D eigenvalue weighted by molar-refractivity contribution is -0.137. The molecule has 0 spiro atoms. The van der Waals surface area contributed by atoms with Crippen molar-refractivity contribution in [3.05, 3.63) is 35.4 Å². The van der Waals surface area contributed by atoms with Crippen LogP contribution in [-0.2, 0) is 21.1 Å². The zero-order valence-corrected chi connectivity index (χ0v) is 14.6. The number of alkyl halides is 3. The summed E-state index contributed by atoms with van der Waals surface area (Å²) in [6.07, 6.45) is -3.12. The van der Waals surface area contributed by atoms with Gasteiger partial charge in [-0.2, -0.15) is 13.2 Å². The Labute approximate surface area is 151 Å². The quantitative estimate of drug-likeness (QED) is 0.655. The van der Waals surface area contributed by atoms with Gasteiger partial charge in [-0.15, -0.1) is 0 Å². The molecule has 8 heteroatoms. The fourth-order valence-corrected chi connectivity index (χ4v) is 3.45. The number of aliphatic imine (C=N–C) groups is 1. The van der Waals surface area contributed by atoms with Gasteiger partial charge < -0.3 is 20.1 Å². The molecule has 0 saturated carbocycles. The van der Waals surface area contributed by atoms with Crippen LogP contribution in [0.2, 0.25) is 0 Å². The second-order valence-electron chi connectivity index (χ2n) is 6.75. The molecule has 0 aromatic heterocycles. The number of ether oxygens (including phenoxy) is 2. The van der Waals surface area contributed by atoms with Crippen molar-refractivity contribution in [1.82, 2.24) is 4.90 Å². The van der Waals surface area contributed by atoms with E-state index in [4.69, 9.17) is 15.2 Å². The summed E-state index contributed by atoms with van der Waals surface area (Å²) in [5, 5.41) is 0. The van der Waals surface area contributed by atoms with Crippen molar-refractivity contribution < 1.29 is 22.6 Å². The molecule has 5 nitrogen and oxygen atoms in total. The van der Waals surface area contributed by atoms with E-state index in [-0.39, 0.29) is 0 Å². The summed E-state index contributed by atoms with van der Waals surface area (Å²) in [4.78, 5) is 6.49. The Morgan fingerprint density at radius 1 is 1.12 bits per heavy atom. The summed E-state index contributed by atoms with van der Waals surface area (Å²) in [6, 6.07) is 5.55. The minimum Gasteiger partial charge on any atom is -0.381 e. The molecule has 1 aromatic carbocycles. The van der Waals surface area contributed by atoms with E-state index in [1.165, 1.54) is 12.1 Å². The summed E-state index contributed by atoms with van der Waals surface area (Å²) in [7, 11) is 0. The number of morpholine rings is 1. The summed E-state index contributed by atoms with van der Waals surface area (Å²) < 4.78 is 50.1. The van der Waals surface area contributed by atoms with Gasteiger partial charge in [0.25, 0.3) is 0 Å². The molecule has 0 atom stereocenters. The van der Waals surface area contributed by atoms with Crippen molar-refractivity contribution >= 4 is 5.96 Å². The Kier molecular flexibility index (Phi) is 5.72. The first-order chi connectivity index (χ1) is 12.4. The van der Waals surface area contributed by atoms with Gasteiger partial charge in [-0.3, -0.25) is 4.99 Å². The predicted molar refractivity (Wildman–Crippen MR) is 92.1 cm³/mol. The van der Waals surface area contributed by atoms with E-state index in [1.807, 2.05) is 4.90 Å². The van der Waals surface area contributed by atoms with Crippen LogP contribution in [0.4, 0.5) is 13.2 Å². The number of hydrogen-bond donors (Lipinski definition) is 1.